The van der Waals surface area contributed by atoms with Crippen molar-refractivity contribution < 1.29 is 14.6 Å². The Morgan fingerprint density at radius 1 is 0.818 bits per heavy atom. The van der Waals surface area contributed by atoms with Crippen molar-refractivity contribution in [2.24, 2.45) is 0 Å². The highest BCUT2D eigenvalue weighted by Crippen LogP contribution is 2.33. The molecule has 0 saturated carbocycles. The normalized spacial score (nSPS) is 12.1. The maximum absolute atomic E-state index is 10.8. The molecule has 0 amide bonds. The molecule has 0 aliphatic heterocycles. The summed E-state index contributed by atoms with van der Waals surface area (Å²) in [5.74, 6) is 1.32. The molecule has 0 aromatic heterocycles. The van der Waals surface area contributed by atoms with E-state index >= 15 is 0 Å². The summed E-state index contributed by atoms with van der Waals surface area (Å²) in [6.07, 6.45) is -0.741. The molecule has 1 unspecified atom stereocenters. The average molecular weight is 294 g/mol. The lowest BCUT2D eigenvalue weighted by Crippen LogP contribution is -2.02. The first-order chi connectivity index (χ1) is 10.7. The smallest absolute Gasteiger partial charge is 0.122 e. The molecule has 3 aromatic rings. The van der Waals surface area contributed by atoms with E-state index in [1.54, 1.807) is 20.3 Å². The molecule has 22 heavy (non-hydrogen) atoms. The Balaban J connectivity index is 2.11. The summed E-state index contributed by atoms with van der Waals surface area (Å²) in [4.78, 5) is 0. The summed E-state index contributed by atoms with van der Waals surface area (Å²) in [7, 11) is 3.20. The molecule has 3 nitrogen and oxygen atoms in total. The van der Waals surface area contributed by atoms with E-state index in [1.807, 2.05) is 54.6 Å². The van der Waals surface area contributed by atoms with Crippen LogP contribution in [0.25, 0.3) is 10.8 Å². The van der Waals surface area contributed by atoms with Crippen molar-refractivity contribution in [3.05, 3.63) is 71.8 Å². The summed E-state index contributed by atoms with van der Waals surface area (Å²) < 4.78 is 10.6. The monoisotopic (exact) mass is 294 g/mol. The van der Waals surface area contributed by atoms with Crippen LogP contribution in [0.1, 0.15) is 17.2 Å². The van der Waals surface area contributed by atoms with E-state index in [9.17, 15) is 5.11 Å². The topological polar surface area (TPSA) is 38.7 Å². The minimum Gasteiger partial charge on any atom is -0.497 e. The van der Waals surface area contributed by atoms with Crippen molar-refractivity contribution in [3.8, 4) is 11.5 Å². The van der Waals surface area contributed by atoms with Crippen molar-refractivity contribution in [2.75, 3.05) is 14.2 Å². The molecule has 0 saturated heterocycles. The van der Waals surface area contributed by atoms with Gasteiger partial charge in [0.25, 0.3) is 0 Å². The van der Waals surface area contributed by atoms with Gasteiger partial charge in [0, 0.05) is 6.07 Å². The Morgan fingerprint density at radius 3 is 2.14 bits per heavy atom. The number of aliphatic hydroxyl groups excluding tert-OH is 1. The zero-order valence-electron chi connectivity index (χ0n) is 12.6. The largest absolute Gasteiger partial charge is 0.497 e. The maximum atomic E-state index is 10.8. The predicted molar refractivity (Wildman–Crippen MR) is 87.6 cm³/mol. The van der Waals surface area contributed by atoms with Crippen LogP contribution in [-0.2, 0) is 0 Å². The van der Waals surface area contributed by atoms with Crippen LogP contribution < -0.4 is 9.47 Å². The van der Waals surface area contributed by atoms with Crippen LogP contribution in [0.5, 0.6) is 11.5 Å². The SMILES string of the molecule is COc1cc(OC)cc(C(O)c2cccc3ccccc23)c1. The van der Waals surface area contributed by atoms with Crippen molar-refractivity contribution >= 4 is 10.8 Å². The van der Waals surface area contributed by atoms with E-state index in [4.69, 9.17) is 9.47 Å². The van der Waals surface area contributed by atoms with Gasteiger partial charge >= 0.3 is 0 Å². The number of methoxy groups -OCH3 is 2. The van der Waals surface area contributed by atoms with Gasteiger partial charge in [-0.05, 0) is 34.0 Å². The lowest BCUT2D eigenvalue weighted by molar-refractivity contribution is 0.220. The highest BCUT2D eigenvalue weighted by atomic mass is 16.5. The van der Waals surface area contributed by atoms with Gasteiger partial charge in [-0.15, -0.1) is 0 Å². The van der Waals surface area contributed by atoms with Gasteiger partial charge in [0.2, 0.25) is 0 Å². The summed E-state index contributed by atoms with van der Waals surface area (Å²) in [5, 5.41) is 13.0. The fourth-order valence-electron chi connectivity index (χ4n) is 2.66. The van der Waals surface area contributed by atoms with E-state index in [2.05, 4.69) is 0 Å². The molecular weight excluding hydrogens is 276 g/mol. The van der Waals surface area contributed by atoms with Crippen molar-refractivity contribution in [2.45, 2.75) is 6.10 Å². The number of ether oxygens (including phenoxy) is 2. The van der Waals surface area contributed by atoms with Crippen LogP contribution in [0.3, 0.4) is 0 Å². The standard InChI is InChI=1S/C19H18O3/c1-21-15-10-14(11-16(12-15)22-2)19(20)18-9-5-7-13-6-3-4-8-17(13)18/h3-12,19-20H,1-2H3. The van der Waals surface area contributed by atoms with E-state index in [-0.39, 0.29) is 0 Å². The molecule has 0 heterocycles. The first-order valence-electron chi connectivity index (χ1n) is 7.11. The fraction of sp³-hybridized carbons (Fsp3) is 0.158. The first-order valence-corrected chi connectivity index (χ1v) is 7.11. The van der Waals surface area contributed by atoms with E-state index in [0.29, 0.717) is 11.5 Å². The number of aliphatic hydroxyl groups is 1. The average Bonchev–Trinajstić information content (AvgIpc) is 2.60. The van der Waals surface area contributed by atoms with Gasteiger partial charge in [-0.3, -0.25) is 0 Å². The molecule has 0 aliphatic rings. The van der Waals surface area contributed by atoms with Crippen molar-refractivity contribution in [1.29, 1.82) is 0 Å². The third-order valence-corrected chi connectivity index (χ3v) is 3.81. The van der Waals surface area contributed by atoms with Crippen LogP contribution in [-0.4, -0.2) is 19.3 Å². The second-order valence-corrected chi connectivity index (χ2v) is 5.12. The lowest BCUT2D eigenvalue weighted by atomic mass is 9.95. The Bertz CT molecular complexity index is 768. The van der Waals surface area contributed by atoms with Crippen LogP contribution in [0, 0.1) is 0 Å². The van der Waals surface area contributed by atoms with Gasteiger partial charge < -0.3 is 14.6 Å². The Labute approximate surface area is 129 Å². The molecule has 3 heteroatoms. The third kappa shape index (κ3) is 2.63. The second kappa shape index (κ2) is 6.08. The molecule has 0 aliphatic carbocycles. The molecule has 0 radical (unpaired) electrons. The third-order valence-electron chi connectivity index (χ3n) is 3.81. The minimum absolute atomic E-state index is 0.661. The minimum atomic E-state index is -0.741. The molecule has 0 bridgehead atoms. The zero-order valence-corrected chi connectivity index (χ0v) is 12.6. The first kappa shape index (κ1) is 14.4. The number of fused-ring (bicyclic) bond motifs is 1. The van der Waals surface area contributed by atoms with Crippen LogP contribution >= 0.6 is 0 Å². The highest BCUT2D eigenvalue weighted by Gasteiger charge is 2.15. The van der Waals surface area contributed by atoms with Gasteiger partial charge in [-0.1, -0.05) is 42.5 Å². The van der Waals surface area contributed by atoms with Crippen LogP contribution in [0.4, 0.5) is 0 Å². The molecule has 112 valence electrons. The fourth-order valence-corrected chi connectivity index (χ4v) is 2.66. The highest BCUT2D eigenvalue weighted by molar-refractivity contribution is 5.86. The Morgan fingerprint density at radius 2 is 1.45 bits per heavy atom. The molecule has 0 fully saturated rings. The van der Waals surface area contributed by atoms with Gasteiger partial charge in [-0.2, -0.15) is 0 Å². The molecular formula is C19H18O3. The Kier molecular flexibility index (Phi) is 3.98. The lowest BCUT2D eigenvalue weighted by Gasteiger charge is -2.16. The number of hydrogen-bond acceptors (Lipinski definition) is 3. The quantitative estimate of drug-likeness (QED) is 0.792. The molecule has 0 spiro atoms. The maximum Gasteiger partial charge on any atom is 0.122 e. The number of hydrogen-bond donors (Lipinski definition) is 1. The molecule has 3 rings (SSSR count). The summed E-state index contributed by atoms with van der Waals surface area (Å²) in [6.45, 7) is 0. The van der Waals surface area contributed by atoms with E-state index in [1.165, 1.54) is 0 Å². The summed E-state index contributed by atoms with van der Waals surface area (Å²) in [5.41, 5.74) is 1.61. The molecule has 3 aromatic carbocycles. The summed E-state index contributed by atoms with van der Waals surface area (Å²) in [6, 6.07) is 19.4. The van der Waals surface area contributed by atoms with Gasteiger partial charge in [0.15, 0.2) is 0 Å². The summed E-state index contributed by atoms with van der Waals surface area (Å²) >= 11 is 0. The van der Waals surface area contributed by atoms with Gasteiger partial charge in [0.1, 0.15) is 17.6 Å². The van der Waals surface area contributed by atoms with Crippen LogP contribution in [0.15, 0.2) is 60.7 Å². The second-order valence-electron chi connectivity index (χ2n) is 5.12. The number of benzene rings is 3. The van der Waals surface area contributed by atoms with Crippen molar-refractivity contribution in [1.82, 2.24) is 0 Å². The molecule has 1 atom stereocenters. The molecule has 1 N–H and O–H groups in total. The van der Waals surface area contributed by atoms with Gasteiger partial charge in [0.05, 0.1) is 14.2 Å². The Hall–Kier alpha value is -2.52. The zero-order chi connectivity index (χ0) is 15.5. The number of rotatable bonds is 4. The van der Waals surface area contributed by atoms with E-state index in [0.717, 1.165) is 21.9 Å². The van der Waals surface area contributed by atoms with Crippen LogP contribution in [0.2, 0.25) is 0 Å². The van der Waals surface area contributed by atoms with E-state index < -0.39 is 6.10 Å². The van der Waals surface area contributed by atoms with Gasteiger partial charge in [-0.25, -0.2) is 0 Å². The van der Waals surface area contributed by atoms with Crippen molar-refractivity contribution in [3.63, 3.8) is 0 Å². The predicted octanol–water partition coefficient (Wildman–Crippen LogP) is 3.94.